The minimum Gasteiger partial charge on any atom is -0.349 e. The van der Waals surface area contributed by atoms with Crippen molar-refractivity contribution in [2.45, 2.75) is 38.1 Å². The summed E-state index contributed by atoms with van der Waals surface area (Å²) < 4.78 is 23.5. The first-order valence-electron chi connectivity index (χ1n) is 6.16. The van der Waals surface area contributed by atoms with Crippen molar-refractivity contribution < 1.29 is 13.2 Å². The third-order valence-corrected chi connectivity index (χ3v) is 5.86. The van der Waals surface area contributed by atoms with Gasteiger partial charge in [0.15, 0.2) is 0 Å². The Morgan fingerprint density at radius 2 is 2.00 bits per heavy atom. The number of halogens is 1. The lowest BCUT2D eigenvalue weighted by atomic mass is 10.1. The number of carbonyl (C=O) groups excluding carboxylic acids is 1. The largest absolute Gasteiger partial charge is 0.349 e. The van der Waals surface area contributed by atoms with E-state index < -0.39 is 10.0 Å². The van der Waals surface area contributed by atoms with Crippen LogP contribution in [-0.2, 0) is 10.0 Å². The average Bonchev–Trinajstić information content (AvgIpc) is 2.87. The molecule has 1 aromatic rings. The number of amides is 1. The van der Waals surface area contributed by atoms with Gasteiger partial charge in [-0.25, -0.2) is 13.6 Å². The van der Waals surface area contributed by atoms with Crippen molar-refractivity contribution in [3.8, 4) is 0 Å². The number of primary sulfonamides is 1. The Kier molecular flexibility index (Phi) is 3.73. The summed E-state index contributed by atoms with van der Waals surface area (Å²) in [5.41, 5.74) is 1.07. The molecule has 2 rings (SSSR count). The van der Waals surface area contributed by atoms with Crippen molar-refractivity contribution in [1.82, 2.24) is 5.32 Å². The zero-order valence-electron chi connectivity index (χ0n) is 11.5. The quantitative estimate of drug-likeness (QED) is 0.862. The Balaban J connectivity index is 2.34. The Hall–Kier alpha value is -0.920. The summed E-state index contributed by atoms with van der Waals surface area (Å²) in [7, 11) is -3.87. The van der Waals surface area contributed by atoms with E-state index in [9.17, 15) is 13.2 Å². The number of benzene rings is 1. The highest BCUT2D eigenvalue weighted by Crippen LogP contribution is 2.44. The molecular weight excluding hydrogens is 344 g/mol. The van der Waals surface area contributed by atoms with E-state index in [-0.39, 0.29) is 22.3 Å². The third-order valence-electron chi connectivity index (χ3n) is 3.61. The van der Waals surface area contributed by atoms with E-state index in [4.69, 9.17) is 5.14 Å². The topological polar surface area (TPSA) is 89.3 Å². The zero-order chi connectivity index (χ0) is 15.3. The number of sulfonamides is 1. The zero-order valence-corrected chi connectivity index (χ0v) is 13.9. The molecule has 110 valence electrons. The highest BCUT2D eigenvalue weighted by Gasteiger charge is 2.46. The van der Waals surface area contributed by atoms with Crippen molar-refractivity contribution >= 4 is 31.9 Å². The fourth-order valence-electron chi connectivity index (χ4n) is 2.03. The van der Waals surface area contributed by atoms with Crippen LogP contribution in [0.4, 0.5) is 0 Å². The summed E-state index contributed by atoms with van der Waals surface area (Å²) >= 11 is 3.19. The Morgan fingerprint density at radius 3 is 2.45 bits per heavy atom. The Morgan fingerprint density at radius 1 is 1.45 bits per heavy atom. The molecule has 0 spiro atoms. The van der Waals surface area contributed by atoms with Gasteiger partial charge in [0.1, 0.15) is 0 Å². The summed E-state index contributed by atoms with van der Waals surface area (Å²) in [6.07, 6.45) is 0.927. The predicted octanol–water partition coefficient (Wildman–Crippen LogP) is 1.93. The number of nitrogens with one attached hydrogen (secondary N) is 1. The molecule has 1 saturated carbocycles. The first-order chi connectivity index (χ1) is 9.02. The number of aryl methyl sites for hydroxylation is 1. The van der Waals surface area contributed by atoms with Gasteiger partial charge in [0.2, 0.25) is 10.0 Å². The van der Waals surface area contributed by atoms with E-state index in [0.717, 1.165) is 6.42 Å². The van der Waals surface area contributed by atoms with Gasteiger partial charge in [-0.15, -0.1) is 0 Å². The molecule has 0 aromatic heterocycles. The van der Waals surface area contributed by atoms with Crippen LogP contribution >= 0.6 is 15.9 Å². The SMILES string of the molecule is Cc1cc(C(=O)NC2CC2(C)C)cc(S(N)(=O)=O)c1Br. The molecule has 1 amide bonds. The third kappa shape index (κ3) is 3.05. The van der Waals surface area contributed by atoms with Crippen LogP contribution in [0.5, 0.6) is 0 Å². The molecule has 5 nitrogen and oxygen atoms in total. The summed E-state index contributed by atoms with van der Waals surface area (Å²) in [6.45, 7) is 5.86. The lowest BCUT2D eigenvalue weighted by molar-refractivity contribution is 0.0946. The van der Waals surface area contributed by atoms with Gasteiger partial charge in [0.25, 0.3) is 5.91 Å². The maximum atomic E-state index is 12.2. The van der Waals surface area contributed by atoms with E-state index in [1.807, 2.05) is 0 Å². The first-order valence-corrected chi connectivity index (χ1v) is 8.50. The van der Waals surface area contributed by atoms with E-state index in [1.54, 1.807) is 13.0 Å². The number of nitrogens with two attached hydrogens (primary N) is 1. The molecule has 20 heavy (non-hydrogen) atoms. The molecule has 0 saturated heterocycles. The maximum absolute atomic E-state index is 12.2. The molecule has 1 unspecified atom stereocenters. The maximum Gasteiger partial charge on any atom is 0.251 e. The molecule has 1 aromatic carbocycles. The standard InChI is InChI=1S/C13H17BrN2O3S/c1-7-4-8(5-9(11(7)14)20(15,18)19)12(17)16-10-6-13(10,2)3/h4-5,10H,6H2,1-3H3,(H,16,17)(H2,15,18,19). The normalized spacial score (nSPS) is 20.6. The number of hydrogen-bond acceptors (Lipinski definition) is 3. The van der Waals surface area contributed by atoms with E-state index in [0.29, 0.717) is 15.6 Å². The van der Waals surface area contributed by atoms with Crippen LogP contribution in [0.1, 0.15) is 36.2 Å². The van der Waals surface area contributed by atoms with Gasteiger partial charge >= 0.3 is 0 Å². The summed E-state index contributed by atoms with van der Waals surface area (Å²) in [4.78, 5) is 12.1. The van der Waals surface area contributed by atoms with Crippen LogP contribution in [0, 0.1) is 12.3 Å². The van der Waals surface area contributed by atoms with Gasteiger partial charge in [0.05, 0.1) is 4.90 Å². The van der Waals surface area contributed by atoms with Gasteiger partial charge in [-0.05, 0) is 52.4 Å². The molecule has 0 heterocycles. The Labute approximate surface area is 127 Å². The number of hydrogen-bond donors (Lipinski definition) is 2. The number of rotatable bonds is 3. The second-order valence-electron chi connectivity index (χ2n) is 5.87. The smallest absolute Gasteiger partial charge is 0.251 e. The van der Waals surface area contributed by atoms with Crippen LogP contribution in [0.15, 0.2) is 21.5 Å². The average molecular weight is 361 g/mol. The van der Waals surface area contributed by atoms with Gasteiger partial charge < -0.3 is 5.32 Å². The molecule has 1 aliphatic rings. The van der Waals surface area contributed by atoms with E-state index in [1.165, 1.54) is 6.07 Å². The predicted molar refractivity (Wildman–Crippen MR) is 79.9 cm³/mol. The number of carbonyl (C=O) groups is 1. The van der Waals surface area contributed by atoms with Crippen LogP contribution in [0.3, 0.4) is 0 Å². The van der Waals surface area contributed by atoms with Gasteiger partial charge in [-0.3, -0.25) is 4.79 Å². The molecule has 0 bridgehead atoms. The summed E-state index contributed by atoms with van der Waals surface area (Å²) in [6, 6.07) is 3.08. The van der Waals surface area contributed by atoms with Crippen molar-refractivity contribution in [3.63, 3.8) is 0 Å². The van der Waals surface area contributed by atoms with Crippen LogP contribution in [0.2, 0.25) is 0 Å². The molecule has 3 N–H and O–H groups in total. The second-order valence-corrected chi connectivity index (χ2v) is 8.19. The molecule has 1 atom stereocenters. The first kappa shape index (κ1) is 15.5. The fourth-order valence-corrected chi connectivity index (χ4v) is 3.64. The minimum absolute atomic E-state index is 0.0716. The van der Waals surface area contributed by atoms with Crippen LogP contribution < -0.4 is 10.5 Å². The van der Waals surface area contributed by atoms with Gasteiger partial charge in [0, 0.05) is 16.1 Å². The molecular formula is C13H17BrN2O3S. The molecule has 1 aliphatic carbocycles. The lowest BCUT2D eigenvalue weighted by Crippen LogP contribution is -2.28. The van der Waals surface area contributed by atoms with Crippen LogP contribution in [0.25, 0.3) is 0 Å². The van der Waals surface area contributed by atoms with Gasteiger partial charge in [-0.1, -0.05) is 13.8 Å². The van der Waals surface area contributed by atoms with E-state index >= 15 is 0 Å². The van der Waals surface area contributed by atoms with Crippen molar-refractivity contribution in [2.75, 3.05) is 0 Å². The monoisotopic (exact) mass is 360 g/mol. The molecule has 0 aliphatic heterocycles. The fraction of sp³-hybridized carbons (Fsp3) is 0.462. The highest BCUT2D eigenvalue weighted by atomic mass is 79.9. The van der Waals surface area contributed by atoms with Crippen molar-refractivity contribution in [2.24, 2.45) is 10.6 Å². The lowest BCUT2D eigenvalue weighted by Gasteiger charge is -2.11. The van der Waals surface area contributed by atoms with Crippen molar-refractivity contribution in [3.05, 3.63) is 27.7 Å². The molecule has 7 heteroatoms. The van der Waals surface area contributed by atoms with E-state index in [2.05, 4.69) is 35.1 Å². The van der Waals surface area contributed by atoms with Crippen LogP contribution in [-0.4, -0.2) is 20.4 Å². The minimum atomic E-state index is -3.87. The molecule has 1 fully saturated rings. The van der Waals surface area contributed by atoms with Gasteiger partial charge in [-0.2, -0.15) is 0 Å². The summed E-state index contributed by atoms with van der Waals surface area (Å²) in [5.74, 6) is -0.277. The van der Waals surface area contributed by atoms with Crippen molar-refractivity contribution in [1.29, 1.82) is 0 Å². The highest BCUT2D eigenvalue weighted by molar-refractivity contribution is 9.10. The molecule has 0 radical (unpaired) electrons. The summed E-state index contributed by atoms with van der Waals surface area (Å²) in [5, 5.41) is 8.06. The Bertz CT molecular complexity index is 683. The second kappa shape index (κ2) is 4.82.